The van der Waals surface area contributed by atoms with E-state index < -0.39 is 16.6 Å². The molecule has 12 heavy (non-hydrogen) atoms. The molecule has 0 heterocycles. The molecule has 0 rings (SSSR count). The van der Waals surface area contributed by atoms with Gasteiger partial charge in [-0.05, 0) is 0 Å². The average molecular weight is 326 g/mol. The zero-order valence-electron chi connectivity index (χ0n) is 5.04. The van der Waals surface area contributed by atoms with Gasteiger partial charge in [0.25, 0.3) is 0 Å². The quantitative estimate of drug-likeness (QED) is 0.350. The van der Waals surface area contributed by atoms with Crippen molar-refractivity contribution in [1.82, 2.24) is 0 Å². The third-order valence-electron chi connectivity index (χ3n) is 0. The Morgan fingerprint density at radius 2 is 1.08 bits per heavy atom. The SMILES string of the molecule is O=C(O)O.O=S(=O)(O)O.[Fe].[Ni].[V]. The van der Waals surface area contributed by atoms with Crippen LogP contribution in [0.3, 0.4) is 0 Å². The number of hydrogen-bond donors (Lipinski definition) is 4. The molecule has 0 aromatic heterocycles. The van der Waals surface area contributed by atoms with E-state index in [1.165, 1.54) is 0 Å². The van der Waals surface area contributed by atoms with Crippen LogP contribution in [-0.4, -0.2) is 33.9 Å². The van der Waals surface area contributed by atoms with Gasteiger partial charge in [0, 0.05) is 52.1 Å². The van der Waals surface area contributed by atoms with E-state index in [2.05, 4.69) is 0 Å². The van der Waals surface area contributed by atoms with Gasteiger partial charge >= 0.3 is 16.6 Å². The summed E-state index contributed by atoms with van der Waals surface area (Å²) in [6.45, 7) is 0. The summed E-state index contributed by atoms with van der Waals surface area (Å²) in [6, 6.07) is 0. The molecule has 0 saturated carbocycles. The fourth-order valence-corrected chi connectivity index (χ4v) is 0. The average Bonchev–Trinajstić information content (AvgIpc) is 1.19. The van der Waals surface area contributed by atoms with Crippen LogP contribution in [0.4, 0.5) is 4.79 Å². The van der Waals surface area contributed by atoms with Crippen LogP contribution < -0.4 is 0 Å². The van der Waals surface area contributed by atoms with E-state index in [0.29, 0.717) is 0 Å². The maximum atomic E-state index is 8.74. The van der Waals surface area contributed by atoms with Crippen LogP contribution in [-0.2, 0) is 62.5 Å². The van der Waals surface area contributed by atoms with Crippen molar-refractivity contribution < 1.29 is 84.6 Å². The third kappa shape index (κ3) is 1870. The van der Waals surface area contributed by atoms with Crippen molar-refractivity contribution >= 4 is 16.6 Å². The smallest absolute Gasteiger partial charge is 0.450 e. The normalized spacial score (nSPS) is 6.83. The first kappa shape index (κ1) is 29.3. The Hall–Kier alpha value is 0.737. The Bertz CT molecular complexity index is 166. The molecule has 0 aliphatic heterocycles. The van der Waals surface area contributed by atoms with Gasteiger partial charge in [0.2, 0.25) is 0 Å². The van der Waals surface area contributed by atoms with Gasteiger partial charge in [-0.25, -0.2) is 4.79 Å². The zero-order chi connectivity index (χ0) is 8.08. The minimum Gasteiger partial charge on any atom is -0.450 e. The molecule has 7 nitrogen and oxygen atoms in total. The van der Waals surface area contributed by atoms with Gasteiger partial charge in [0.05, 0.1) is 0 Å². The minimum absolute atomic E-state index is 0. The van der Waals surface area contributed by atoms with E-state index in [-0.39, 0.29) is 52.1 Å². The first-order valence-corrected chi connectivity index (χ1v) is 2.75. The maximum absolute atomic E-state index is 8.74. The topological polar surface area (TPSA) is 132 Å². The second-order valence-corrected chi connectivity index (χ2v) is 1.63. The van der Waals surface area contributed by atoms with Crippen LogP contribution in [0, 0.1) is 0 Å². The van der Waals surface area contributed by atoms with Gasteiger partial charge in [0.15, 0.2) is 0 Å². The number of rotatable bonds is 0. The van der Waals surface area contributed by atoms with Gasteiger partial charge in [-0.3, -0.25) is 9.11 Å². The Kier molecular flexibility index (Phi) is 34.9. The van der Waals surface area contributed by atoms with E-state index in [4.69, 9.17) is 32.5 Å². The second-order valence-electron chi connectivity index (χ2n) is 0.730. The number of carboxylic acid groups (broad SMARTS) is 2. The van der Waals surface area contributed by atoms with Crippen molar-refractivity contribution in [3.05, 3.63) is 0 Å². The van der Waals surface area contributed by atoms with E-state index in [9.17, 15) is 0 Å². The number of carbonyl (C=O) groups is 1. The molecule has 0 aliphatic rings. The van der Waals surface area contributed by atoms with Crippen molar-refractivity contribution in [2.75, 3.05) is 0 Å². The third-order valence-corrected chi connectivity index (χ3v) is 0. The van der Waals surface area contributed by atoms with Crippen molar-refractivity contribution in [1.29, 1.82) is 0 Å². The Morgan fingerprint density at radius 1 is 1.08 bits per heavy atom. The minimum atomic E-state index is -4.67. The standard InChI is InChI=1S/CH2O3.Fe.Ni.H2O4S.V/c2-1(3)4;;;1-5(2,3)4;/h(H2,2,3,4);;;(H2,1,2,3,4);. The van der Waals surface area contributed by atoms with Crippen LogP contribution >= 0.6 is 0 Å². The molecule has 0 fully saturated rings. The molecule has 0 aromatic carbocycles. The van der Waals surface area contributed by atoms with Gasteiger partial charge in [0.1, 0.15) is 0 Å². The molecule has 0 unspecified atom stereocenters. The predicted molar refractivity (Wildman–Crippen MR) is 24.8 cm³/mol. The van der Waals surface area contributed by atoms with Crippen molar-refractivity contribution in [2.24, 2.45) is 0 Å². The fraction of sp³-hybridized carbons (Fsp3) is 0. The van der Waals surface area contributed by atoms with Crippen LogP contribution in [0.5, 0.6) is 0 Å². The second kappa shape index (κ2) is 14.3. The predicted octanol–water partition coefficient (Wildman–Crippen LogP) is -0.438. The summed E-state index contributed by atoms with van der Waals surface area (Å²) >= 11 is 0. The molecule has 4 N–H and O–H groups in total. The van der Waals surface area contributed by atoms with Gasteiger partial charge in [-0.1, -0.05) is 0 Å². The van der Waals surface area contributed by atoms with E-state index >= 15 is 0 Å². The van der Waals surface area contributed by atoms with Crippen LogP contribution in [0.15, 0.2) is 0 Å². The molecule has 0 saturated heterocycles. The molecule has 11 heteroatoms. The van der Waals surface area contributed by atoms with Crippen LogP contribution in [0.1, 0.15) is 0 Å². The molecule has 0 spiro atoms. The Morgan fingerprint density at radius 3 is 1.08 bits per heavy atom. The van der Waals surface area contributed by atoms with E-state index in [1.54, 1.807) is 0 Å². The van der Waals surface area contributed by atoms with Crippen LogP contribution in [0.25, 0.3) is 0 Å². The van der Waals surface area contributed by atoms with Crippen molar-refractivity contribution in [3.63, 3.8) is 0 Å². The molecular formula is CH4FeNiO7SV. The van der Waals surface area contributed by atoms with E-state index in [0.717, 1.165) is 0 Å². The van der Waals surface area contributed by atoms with Crippen molar-refractivity contribution in [3.8, 4) is 0 Å². The summed E-state index contributed by atoms with van der Waals surface area (Å²) in [5, 5.41) is 13.9. The molecule has 0 amide bonds. The summed E-state index contributed by atoms with van der Waals surface area (Å²) in [6.07, 6.45) is -1.83. The van der Waals surface area contributed by atoms with Crippen molar-refractivity contribution in [2.45, 2.75) is 0 Å². The molecule has 0 aliphatic carbocycles. The van der Waals surface area contributed by atoms with E-state index in [1.807, 2.05) is 0 Å². The first-order chi connectivity index (χ1) is 3.73. The maximum Gasteiger partial charge on any atom is 0.503 e. The zero-order valence-corrected chi connectivity index (χ0v) is 9.34. The summed E-state index contributed by atoms with van der Waals surface area (Å²) in [4.78, 5) is 8.56. The molecular weight excluding hydrogens is 322 g/mol. The first-order valence-electron chi connectivity index (χ1n) is 1.35. The number of hydrogen-bond acceptors (Lipinski definition) is 3. The Balaban J connectivity index is -0.0000000221. The summed E-state index contributed by atoms with van der Waals surface area (Å²) in [5.41, 5.74) is 0. The van der Waals surface area contributed by atoms with Gasteiger partial charge in [-0.15, -0.1) is 0 Å². The van der Waals surface area contributed by atoms with Gasteiger partial charge in [-0.2, -0.15) is 8.42 Å². The summed E-state index contributed by atoms with van der Waals surface area (Å²) in [7, 11) is -4.67. The largest absolute Gasteiger partial charge is 0.503 e. The molecule has 1 radical (unpaired) electrons. The molecule has 0 aromatic rings. The molecule has 0 atom stereocenters. The van der Waals surface area contributed by atoms with Gasteiger partial charge < -0.3 is 10.2 Å². The fourth-order valence-electron chi connectivity index (χ4n) is 0. The summed E-state index contributed by atoms with van der Waals surface area (Å²) in [5.74, 6) is 0. The summed E-state index contributed by atoms with van der Waals surface area (Å²) < 4.78 is 31.6. The molecule has 0 bridgehead atoms. The van der Waals surface area contributed by atoms with Crippen LogP contribution in [0.2, 0.25) is 0 Å². The Labute approximate surface area is 101 Å². The monoisotopic (exact) mass is 325 g/mol. The molecule has 79 valence electrons.